The van der Waals surface area contributed by atoms with Crippen LogP contribution in [0.25, 0.3) is 0 Å². The molecule has 1 aliphatic heterocycles. The van der Waals surface area contributed by atoms with Crippen molar-refractivity contribution in [1.82, 2.24) is 9.97 Å². The minimum Gasteiger partial charge on any atom is -0.508 e. The summed E-state index contributed by atoms with van der Waals surface area (Å²) in [6.45, 7) is 4.15. The van der Waals surface area contributed by atoms with E-state index in [1.807, 2.05) is 30.3 Å². The van der Waals surface area contributed by atoms with Gasteiger partial charge in [-0.05, 0) is 54.4 Å². The first-order valence-corrected chi connectivity index (χ1v) is 9.81. The number of nitrogens with zero attached hydrogens (tertiary/aromatic N) is 3. The highest BCUT2D eigenvalue weighted by Gasteiger charge is 2.11. The van der Waals surface area contributed by atoms with Gasteiger partial charge in [0.15, 0.2) is 0 Å². The number of phenols is 1. The summed E-state index contributed by atoms with van der Waals surface area (Å²) in [6, 6.07) is 17.4. The molecule has 2 aromatic carbocycles. The second kappa shape index (κ2) is 9.25. The molecule has 4 rings (SSSR count). The molecule has 0 aliphatic carbocycles. The van der Waals surface area contributed by atoms with Crippen LogP contribution >= 0.6 is 0 Å². The van der Waals surface area contributed by atoms with E-state index in [1.165, 1.54) is 5.69 Å². The standard InChI is InChI=1S/C22H25N5O2/c28-20-7-1-17(2-8-20)9-11-23-21-10-12-24-22(26-21)25-18-3-5-19(6-4-18)27-13-15-29-16-14-27/h1-8,10,12,28H,9,11,13-16H2,(H2,23,24,25,26). The van der Waals surface area contributed by atoms with Gasteiger partial charge in [0.2, 0.25) is 5.95 Å². The highest BCUT2D eigenvalue weighted by atomic mass is 16.5. The summed E-state index contributed by atoms with van der Waals surface area (Å²) in [4.78, 5) is 11.2. The molecule has 1 fully saturated rings. The normalized spacial score (nSPS) is 13.9. The summed E-state index contributed by atoms with van der Waals surface area (Å²) in [6.07, 6.45) is 2.58. The summed E-state index contributed by atoms with van der Waals surface area (Å²) >= 11 is 0. The molecule has 1 saturated heterocycles. The molecule has 0 atom stereocenters. The lowest BCUT2D eigenvalue weighted by Crippen LogP contribution is -2.36. The highest BCUT2D eigenvalue weighted by molar-refractivity contribution is 5.60. The van der Waals surface area contributed by atoms with Crippen molar-refractivity contribution in [1.29, 1.82) is 0 Å². The van der Waals surface area contributed by atoms with Crippen LogP contribution in [0.1, 0.15) is 5.56 Å². The Morgan fingerprint density at radius 1 is 0.966 bits per heavy atom. The second-order valence-electron chi connectivity index (χ2n) is 6.88. The van der Waals surface area contributed by atoms with Crippen molar-refractivity contribution in [3.05, 3.63) is 66.4 Å². The fraction of sp³-hybridized carbons (Fsp3) is 0.273. The first-order chi connectivity index (χ1) is 14.3. The van der Waals surface area contributed by atoms with Gasteiger partial charge in [-0.25, -0.2) is 4.98 Å². The number of hydrogen-bond donors (Lipinski definition) is 3. The molecular formula is C22H25N5O2. The van der Waals surface area contributed by atoms with E-state index < -0.39 is 0 Å². The van der Waals surface area contributed by atoms with Crippen molar-refractivity contribution in [3.8, 4) is 5.75 Å². The molecule has 1 aromatic heterocycles. The predicted octanol–water partition coefficient (Wildman–Crippen LogP) is 3.42. The van der Waals surface area contributed by atoms with Gasteiger partial charge in [-0.2, -0.15) is 4.98 Å². The smallest absolute Gasteiger partial charge is 0.229 e. The molecule has 150 valence electrons. The number of phenolic OH excluding ortho intramolecular Hbond substituents is 1. The van der Waals surface area contributed by atoms with Gasteiger partial charge in [-0.3, -0.25) is 0 Å². The predicted molar refractivity (Wildman–Crippen MR) is 115 cm³/mol. The molecule has 0 amide bonds. The Kier molecular flexibility index (Phi) is 6.07. The zero-order valence-corrected chi connectivity index (χ0v) is 16.2. The quantitative estimate of drug-likeness (QED) is 0.569. The Balaban J connectivity index is 1.31. The van der Waals surface area contributed by atoms with Crippen LogP contribution in [0.5, 0.6) is 5.75 Å². The molecule has 29 heavy (non-hydrogen) atoms. The Bertz CT molecular complexity index is 909. The zero-order chi connectivity index (χ0) is 19.9. The molecule has 1 aliphatic rings. The summed E-state index contributed by atoms with van der Waals surface area (Å²) < 4.78 is 5.41. The van der Waals surface area contributed by atoms with Crippen molar-refractivity contribution in [2.45, 2.75) is 6.42 Å². The van der Waals surface area contributed by atoms with Gasteiger partial charge in [0.25, 0.3) is 0 Å². The van der Waals surface area contributed by atoms with Gasteiger partial charge in [-0.1, -0.05) is 12.1 Å². The molecule has 2 heterocycles. The average Bonchev–Trinajstić information content (AvgIpc) is 2.77. The van der Waals surface area contributed by atoms with Crippen molar-refractivity contribution in [3.63, 3.8) is 0 Å². The van der Waals surface area contributed by atoms with Crippen molar-refractivity contribution in [2.24, 2.45) is 0 Å². The van der Waals surface area contributed by atoms with E-state index in [4.69, 9.17) is 4.74 Å². The van der Waals surface area contributed by atoms with Gasteiger partial charge in [0, 0.05) is 37.2 Å². The topological polar surface area (TPSA) is 82.5 Å². The molecule has 0 bridgehead atoms. The van der Waals surface area contributed by atoms with E-state index in [2.05, 4.69) is 37.6 Å². The number of aromatic nitrogens is 2. The molecule has 0 spiro atoms. The van der Waals surface area contributed by atoms with Crippen LogP contribution in [0.3, 0.4) is 0 Å². The van der Waals surface area contributed by atoms with E-state index in [0.29, 0.717) is 5.95 Å². The third-order valence-electron chi connectivity index (χ3n) is 4.81. The first-order valence-electron chi connectivity index (χ1n) is 9.81. The van der Waals surface area contributed by atoms with E-state index in [1.54, 1.807) is 18.3 Å². The zero-order valence-electron chi connectivity index (χ0n) is 16.2. The molecule has 7 heteroatoms. The molecule has 7 nitrogen and oxygen atoms in total. The Morgan fingerprint density at radius 3 is 2.48 bits per heavy atom. The fourth-order valence-corrected chi connectivity index (χ4v) is 3.22. The molecule has 0 unspecified atom stereocenters. The van der Waals surface area contributed by atoms with Gasteiger partial charge in [0.1, 0.15) is 11.6 Å². The van der Waals surface area contributed by atoms with E-state index in [0.717, 1.165) is 56.3 Å². The van der Waals surface area contributed by atoms with Crippen LogP contribution in [0, 0.1) is 0 Å². The molecule has 3 N–H and O–H groups in total. The van der Waals surface area contributed by atoms with Crippen LogP contribution in [-0.2, 0) is 11.2 Å². The lowest BCUT2D eigenvalue weighted by molar-refractivity contribution is 0.122. The maximum atomic E-state index is 9.35. The maximum absolute atomic E-state index is 9.35. The Labute approximate surface area is 170 Å². The van der Waals surface area contributed by atoms with Crippen molar-refractivity contribution in [2.75, 3.05) is 48.4 Å². The van der Waals surface area contributed by atoms with Gasteiger partial charge >= 0.3 is 0 Å². The minimum atomic E-state index is 0.284. The number of aromatic hydroxyl groups is 1. The largest absolute Gasteiger partial charge is 0.508 e. The van der Waals surface area contributed by atoms with E-state index >= 15 is 0 Å². The van der Waals surface area contributed by atoms with Gasteiger partial charge in [0.05, 0.1) is 13.2 Å². The highest BCUT2D eigenvalue weighted by Crippen LogP contribution is 2.21. The second-order valence-corrected chi connectivity index (χ2v) is 6.88. The lowest BCUT2D eigenvalue weighted by atomic mass is 10.1. The number of rotatable bonds is 7. The van der Waals surface area contributed by atoms with E-state index in [9.17, 15) is 5.11 Å². The Hall–Kier alpha value is -3.32. The molecule has 0 saturated carbocycles. The van der Waals surface area contributed by atoms with Crippen LogP contribution in [0.4, 0.5) is 23.1 Å². The third kappa shape index (κ3) is 5.36. The van der Waals surface area contributed by atoms with Crippen LogP contribution in [0.2, 0.25) is 0 Å². The Morgan fingerprint density at radius 2 is 1.72 bits per heavy atom. The van der Waals surface area contributed by atoms with Crippen LogP contribution < -0.4 is 15.5 Å². The monoisotopic (exact) mass is 391 g/mol. The maximum Gasteiger partial charge on any atom is 0.229 e. The van der Waals surface area contributed by atoms with E-state index in [-0.39, 0.29) is 5.75 Å². The summed E-state index contributed by atoms with van der Waals surface area (Å²) in [5.74, 6) is 1.61. The van der Waals surface area contributed by atoms with Gasteiger partial charge in [-0.15, -0.1) is 0 Å². The summed E-state index contributed by atoms with van der Waals surface area (Å²) in [5, 5.41) is 15.9. The first kappa shape index (κ1) is 19.0. The molecule has 0 radical (unpaired) electrons. The summed E-state index contributed by atoms with van der Waals surface area (Å²) in [7, 11) is 0. The van der Waals surface area contributed by atoms with Crippen LogP contribution in [-0.4, -0.2) is 47.9 Å². The summed E-state index contributed by atoms with van der Waals surface area (Å²) in [5.41, 5.74) is 3.30. The molecule has 3 aromatic rings. The number of anilines is 4. The number of benzene rings is 2. The SMILES string of the molecule is Oc1ccc(CCNc2ccnc(Nc3ccc(N4CCOCC4)cc3)n2)cc1. The molecular weight excluding hydrogens is 366 g/mol. The lowest BCUT2D eigenvalue weighted by Gasteiger charge is -2.28. The number of nitrogens with one attached hydrogen (secondary N) is 2. The van der Waals surface area contributed by atoms with Crippen molar-refractivity contribution >= 4 is 23.1 Å². The number of ether oxygens (including phenoxy) is 1. The number of hydrogen-bond acceptors (Lipinski definition) is 7. The average molecular weight is 391 g/mol. The number of morpholine rings is 1. The van der Waals surface area contributed by atoms with Gasteiger partial charge < -0.3 is 25.4 Å². The fourth-order valence-electron chi connectivity index (χ4n) is 3.22. The van der Waals surface area contributed by atoms with Crippen LogP contribution in [0.15, 0.2) is 60.8 Å². The minimum absolute atomic E-state index is 0.284. The van der Waals surface area contributed by atoms with Crippen molar-refractivity contribution < 1.29 is 9.84 Å². The third-order valence-corrected chi connectivity index (χ3v) is 4.81.